The zero-order valence-corrected chi connectivity index (χ0v) is 17.3. The van der Waals surface area contributed by atoms with Crippen molar-refractivity contribution in [1.29, 1.82) is 0 Å². The van der Waals surface area contributed by atoms with Crippen molar-refractivity contribution in [2.24, 2.45) is 0 Å². The van der Waals surface area contributed by atoms with Crippen LogP contribution in [0.2, 0.25) is 0 Å². The molecule has 0 saturated heterocycles. The molecule has 3 heterocycles. The molecule has 0 bridgehead atoms. The zero-order valence-electron chi connectivity index (χ0n) is 17.3. The van der Waals surface area contributed by atoms with Gasteiger partial charge in [0.25, 0.3) is 11.8 Å². The highest BCUT2D eigenvalue weighted by molar-refractivity contribution is 5.92. The van der Waals surface area contributed by atoms with E-state index in [1.807, 2.05) is 0 Å². The highest BCUT2D eigenvalue weighted by Crippen LogP contribution is 2.36. The Bertz CT molecular complexity index is 1210. The van der Waals surface area contributed by atoms with Gasteiger partial charge in [0.15, 0.2) is 5.69 Å². The molecule has 4 rings (SSSR count). The van der Waals surface area contributed by atoms with E-state index in [1.54, 1.807) is 0 Å². The van der Waals surface area contributed by atoms with E-state index in [-0.39, 0.29) is 23.2 Å². The molecule has 1 N–H and O–H groups in total. The van der Waals surface area contributed by atoms with Crippen LogP contribution < -0.4 is 5.32 Å². The van der Waals surface area contributed by atoms with Gasteiger partial charge in [-0.2, -0.15) is 40.5 Å². The Morgan fingerprint density at radius 3 is 2.59 bits per heavy atom. The molecule has 1 aliphatic rings. The number of halogens is 7. The Balaban J connectivity index is 1.60. The molecule has 0 radical (unpaired) electrons. The Labute approximate surface area is 187 Å². The fourth-order valence-electron chi connectivity index (χ4n) is 3.58. The van der Waals surface area contributed by atoms with Crippen molar-refractivity contribution in [3.8, 4) is 11.5 Å². The number of hydrogen-bond acceptors (Lipinski definition) is 5. The summed E-state index contributed by atoms with van der Waals surface area (Å²) < 4.78 is 97.3. The highest BCUT2D eigenvalue weighted by atomic mass is 19.4. The molecule has 1 aliphatic carbocycles. The number of rotatable bonds is 5. The predicted molar refractivity (Wildman–Crippen MR) is 101 cm³/mol. The molecule has 0 spiro atoms. The van der Waals surface area contributed by atoms with Crippen LogP contribution in [0.5, 0.6) is 0 Å². The van der Waals surface area contributed by atoms with Gasteiger partial charge in [0.1, 0.15) is 22.8 Å². The number of nitrogens with zero attached hydrogens (tertiary/aromatic N) is 4. The van der Waals surface area contributed by atoms with Gasteiger partial charge in [-0.3, -0.25) is 9.78 Å². The van der Waals surface area contributed by atoms with Gasteiger partial charge in [-0.05, 0) is 25.0 Å². The Hall–Kier alpha value is -3.45. The summed E-state index contributed by atoms with van der Waals surface area (Å²) in [6.45, 7) is -2.91. The van der Waals surface area contributed by atoms with Gasteiger partial charge < -0.3 is 9.73 Å². The number of alkyl halides is 7. The molecule has 0 fully saturated rings. The lowest BCUT2D eigenvalue weighted by atomic mass is 9.96. The SMILES string of the molecule is CC(F)(F)c1cc(-c2nc3c(o2)CCC[C@@H]3NC(=O)c2cc(C(F)(F)F)n(C(F)F)n2)ccn1. The van der Waals surface area contributed by atoms with Crippen molar-refractivity contribution in [3.63, 3.8) is 0 Å². The number of aromatic nitrogens is 4. The van der Waals surface area contributed by atoms with Crippen molar-refractivity contribution in [2.45, 2.75) is 50.9 Å². The fourth-order valence-corrected chi connectivity index (χ4v) is 3.58. The summed E-state index contributed by atoms with van der Waals surface area (Å²) in [6.07, 6.45) is -2.70. The third kappa shape index (κ3) is 4.61. The van der Waals surface area contributed by atoms with Gasteiger partial charge in [-0.1, -0.05) is 0 Å². The van der Waals surface area contributed by atoms with Crippen molar-refractivity contribution >= 4 is 5.91 Å². The maximum atomic E-state index is 13.6. The van der Waals surface area contributed by atoms with Crippen LogP contribution in [0.15, 0.2) is 28.8 Å². The van der Waals surface area contributed by atoms with E-state index >= 15 is 0 Å². The molecule has 3 aromatic heterocycles. The third-order valence-electron chi connectivity index (χ3n) is 5.16. The smallest absolute Gasteiger partial charge is 0.433 e. The number of oxazole rings is 1. The molecular weight excluding hydrogens is 475 g/mol. The molecule has 0 aliphatic heterocycles. The van der Waals surface area contributed by atoms with Crippen LogP contribution in [0.1, 0.15) is 65.7 Å². The van der Waals surface area contributed by atoms with Gasteiger partial charge in [0, 0.05) is 31.2 Å². The second-order valence-electron chi connectivity index (χ2n) is 7.70. The maximum absolute atomic E-state index is 13.6. The summed E-state index contributed by atoms with van der Waals surface area (Å²) in [4.78, 5) is 20.4. The van der Waals surface area contributed by atoms with Gasteiger partial charge in [0.05, 0.1) is 6.04 Å². The molecule has 0 unspecified atom stereocenters. The lowest BCUT2D eigenvalue weighted by Gasteiger charge is -2.20. The molecular formula is C20H16F7N5O2. The van der Waals surface area contributed by atoms with Crippen LogP contribution in [0.25, 0.3) is 11.5 Å². The van der Waals surface area contributed by atoms with Crippen LogP contribution in [-0.4, -0.2) is 25.7 Å². The molecule has 1 amide bonds. The predicted octanol–water partition coefficient (Wildman–Crippen LogP) is 5.27. The standard InChI is InChI=1S/C20H16F7N5O2/c1-19(23,24)13-7-9(5-6-28-13)17-30-15-10(3-2-4-12(15)34-17)29-16(33)11-8-14(20(25,26)27)32(31-11)18(21)22/h5-8,10,18H,2-4H2,1H3,(H,29,33)/t10-/m0/s1. The number of fused-ring (bicyclic) bond motifs is 1. The number of aryl methyl sites for hydroxylation is 1. The fraction of sp³-hybridized carbons (Fsp3) is 0.400. The van der Waals surface area contributed by atoms with Crippen LogP contribution in [0.4, 0.5) is 30.7 Å². The minimum absolute atomic E-state index is 0.000356. The molecule has 0 saturated carbocycles. The third-order valence-corrected chi connectivity index (χ3v) is 5.16. The highest BCUT2D eigenvalue weighted by Gasteiger charge is 2.39. The number of pyridine rings is 1. The van der Waals surface area contributed by atoms with E-state index in [9.17, 15) is 35.5 Å². The normalized spacial score (nSPS) is 16.6. The van der Waals surface area contributed by atoms with E-state index in [0.717, 1.165) is 6.07 Å². The summed E-state index contributed by atoms with van der Waals surface area (Å²) in [7, 11) is 0. The molecule has 0 aromatic carbocycles. The van der Waals surface area contributed by atoms with E-state index < -0.39 is 52.4 Å². The van der Waals surface area contributed by atoms with Crippen molar-refractivity contribution in [1.82, 2.24) is 25.1 Å². The summed E-state index contributed by atoms with van der Waals surface area (Å²) in [5.41, 5.74) is -2.62. The second-order valence-corrected chi connectivity index (χ2v) is 7.70. The molecule has 1 atom stereocenters. The van der Waals surface area contributed by atoms with Gasteiger partial charge in [-0.25, -0.2) is 4.98 Å². The average molecular weight is 491 g/mol. The summed E-state index contributed by atoms with van der Waals surface area (Å²) in [5, 5.41) is 5.54. The van der Waals surface area contributed by atoms with Crippen LogP contribution in [0, 0.1) is 0 Å². The van der Waals surface area contributed by atoms with E-state index in [2.05, 4.69) is 20.4 Å². The molecule has 3 aromatic rings. The first-order valence-electron chi connectivity index (χ1n) is 9.94. The van der Waals surface area contributed by atoms with E-state index in [1.165, 1.54) is 12.3 Å². The number of hydrogen-bond donors (Lipinski definition) is 1. The minimum Gasteiger partial charge on any atom is -0.441 e. The summed E-state index contributed by atoms with van der Waals surface area (Å²) in [5.74, 6) is -3.94. The molecule has 182 valence electrons. The number of carbonyl (C=O) groups is 1. The van der Waals surface area contributed by atoms with Gasteiger partial charge >= 0.3 is 12.7 Å². The number of nitrogens with one attached hydrogen (secondary N) is 1. The van der Waals surface area contributed by atoms with Crippen molar-refractivity contribution in [3.05, 3.63) is 52.9 Å². The molecule has 7 nitrogen and oxygen atoms in total. The summed E-state index contributed by atoms with van der Waals surface area (Å²) in [6, 6.07) is 1.95. The van der Waals surface area contributed by atoms with Crippen LogP contribution in [0.3, 0.4) is 0 Å². The molecule has 34 heavy (non-hydrogen) atoms. The molecule has 14 heteroatoms. The largest absolute Gasteiger partial charge is 0.441 e. The van der Waals surface area contributed by atoms with Crippen molar-refractivity contribution < 1.29 is 39.9 Å². The quantitative estimate of drug-likeness (QED) is 0.492. The van der Waals surface area contributed by atoms with E-state index in [0.29, 0.717) is 31.9 Å². The average Bonchev–Trinajstić information content (AvgIpc) is 3.39. The Morgan fingerprint density at radius 1 is 1.24 bits per heavy atom. The maximum Gasteiger partial charge on any atom is 0.433 e. The van der Waals surface area contributed by atoms with Gasteiger partial charge in [-0.15, -0.1) is 0 Å². The Morgan fingerprint density at radius 2 is 1.97 bits per heavy atom. The first-order chi connectivity index (χ1) is 15.8. The zero-order chi connectivity index (χ0) is 24.8. The van der Waals surface area contributed by atoms with Crippen LogP contribution >= 0.6 is 0 Å². The number of amides is 1. The topological polar surface area (TPSA) is 85.8 Å². The van der Waals surface area contributed by atoms with Crippen LogP contribution in [-0.2, 0) is 18.5 Å². The van der Waals surface area contributed by atoms with E-state index in [4.69, 9.17) is 4.42 Å². The lowest BCUT2D eigenvalue weighted by Crippen LogP contribution is -2.31. The van der Waals surface area contributed by atoms with Crippen molar-refractivity contribution in [2.75, 3.05) is 0 Å². The minimum atomic E-state index is -5.14. The first kappa shape index (κ1) is 23.7. The first-order valence-corrected chi connectivity index (χ1v) is 9.94. The summed E-state index contributed by atoms with van der Waals surface area (Å²) >= 11 is 0. The lowest BCUT2D eigenvalue weighted by molar-refractivity contribution is -0.149. The monoisotopic (exact) mass is 491 g/mol. The Kier molecular flexibility index (Phi) is 5.85. The van der Waals surface area contributed by atoms with Gasteiger partial charge in [0.2, 0.25) is 5.89 Å². The second kappa shape index (κ2) is 8.40. The number of carbonyl (C=O) groups excluding carboxylic acids is 1.